The largest absolute Gasteiger partial charge is 0.359 e. The summed E-state index contributed by atoms with van der Waals surface area (Å²) < 4.78 is 17.2. The summed E-state index contributed by atoms with van der Waals surface area (Å²) in [6, 6.07) is 17.7. The normalized spacial score (nSPS) is 13.5. The number of hydrogen-bond acceptors (Lipinski definition) is 3. The third-order valence-corrected chi connectivity index (χ3v) is 4.60. The highest BCUT2D eigenvalue weighted by Gasteiger charge is 2.35. The zero-order valence-electron chi connectivity index (χ0n) is 13.6. The predicted octanol–water partition coefficient (Wildman–Crippen LogP) is 3.58. The average molecular weight is 348 g/mol. The van der Waals surface area contributed by atoms with Gasteiger partial charge in [-0.05, 0) is 19.4 Å². The van der Waals surface area contributed by atoms with E-state index in [2.05, 4.69) is 0 Å². The molecule has 1 unspecified atom stereocenters. The maximum absolute atomic E-state index is 12.9. The van der Waals surface area contributed by atoms with Crippen LogP contribution in [-0.2, 0) is 9.30 Å². The highest BCUT2D eigenvalue weighted by Crippen LogP contribution is 2.41. The van der Waals surface area contributed by atoms with Crippen LogP contribution in [0, 0.1) is 0 Å². The fourth-order valence-corrected chi connectivity index (χ4v) is 3.57. The molecule has 0 radical (unpaired) electrons. The van der Waals surface area contributed by atoms with Crippen molar-refractivity contribution in [2.45, 2.75) is 25.6 Å². The summed E-state index contributed by atoms with van der Waals surface area (Å²) in [5.74, 6) is -0.249. The van der Waals surface area contributed by atoms with Crippen molar-refractivity contribution in [3.63, 3.8) is 0 Å². The van der Waals surface area contributed by atoms with Gasteiger partial charge in [-0.15, -0.1) is 0 Å². The van der Waals surface area contributed by atoms with E-state index in [-0.39, 0.29) is 5.78 Å². The molecule has 2 aromatic carbocycles. The Bertz CT molecular complexity index is 722. The van der Waals surface area contributed by atoms with Crippen molar-refractivity contribution in [2.24, 2.45) is 0 Å². The number of carbonyl (C=O) groups is 1. The Balaban J connectivity index is 2.34. The van der Waals surface area contributed by atoms with Crippen LogP contribution in [0.3, 0.4) is 0 Å². The Labute approximate surface area is 141 Å². The van der Waals surface area contributed by atoms with E-state index in [1.807, 2.05) is 12.1 Å². The highest BCUT2D eigenvalue weighted by atomic mass is 31.2. The lowest BCUT2D eigenvalue weighted by Gasteiger charge is -2.30. The van der Waals surface area contributed by atoms with E-state index in [0.29, 0.717) is 11.1 Å². The molecule has 2 N–H and O–H groups in total. The molecule has 0 spiro atoms. The molecule has 0 bridgehead atoms. The van der Waals surface area contributed by atoms with E-state index in [9.17, 15) is 19.1 Å². The Morgan fingerprint density at radius 1 is 1.04 bits per heavy atom. The van der Waals surface area contributed by atoms with Crippen LogP contribution in [0.5, 0.6) is 0 Å². The van der Waals surface area contributed by atoms with E-state index >= 15 is 0 Å². The molecule has 24 heavy (non-hydrogen) atoms. The van der Waals surface area contributed by atoms with Crippen molar-refractivity contribution >= 4 is 13.4 Å². The van der Waals surface area contributed by atoms with Gasteiger partial charge >= 0.3 is 7.60 Å². The van der Waals surface area contributed by atoms with Gasteiger partial charge in [-0.1, -0.05) is 60.7 Å². The molecule has 0 saturated carbocycles. The Kier molecular flexibility index (Phi) is 5.73. The van der Waals surface area contributed by atoms with Crippen molar-refractivity contribution < 1.29 is 23.9 Å². The Hall–Kier alpha value is -1.78. The molecule has 0 aliphatic carbocycles. The number of ether oxygens (including phenoxy) is 1. The van der Waals surface area contributed by atoms with Gasteiger partial charge in [0.05, 0.1) is 11.8 Å². The number of Topliss-reactive ketones (excluding diaryl/α,β-unsaturated/α-hetero) is 1. The van der Waals surface area contributed by atoms with Crippen molar-refractivity contribution in [3.05, 3.63) is 71.8 Å². The van der Waals surface area contributed by atoms with E-state index in [4.69, 9.17) is 4.74 Å². The first-order valence-corrected chi connectivity index (χ1v) is 9.34. The highest BCUT2D eigenvalue weighted by molar-refractivity contribution is 7.51. The van der Waals surface area contributed by atoms with Gasteiger partial charge in [0.25, 0.3) is 0 Å². The molecular weight excluding hydrogens is 327 g/mol. The van der Waals surface area contributed by atoms with Gasteiger partial charge in [-0.2, -0.15) is 0 Å². The van der Waals surface area contributed by atoms with Gasteiger partial charge in [0, 0.05) is 5.56 Å². The third kappa shape index (κ3) is 5.39. The molecule has 0 aliphatic heterocycles. The molecule has 2 aromatic rings. The Morgan fingerprint density at radius 3 is 2.04 bits per heavy atom. The third-order valence-electron chi connectivity index (χ3n) is 3.42. The summed E-state index contributed by atoms with van der Waals surface area (Å²) in [7, 11) is -4.27. The number of benzene rings is 2. The lowest BCUT2D eigenvalue weighted by molar-refractivity contribution is -0.0471. The monoisotopic (exact) mass is 348 g/mol. The predicted molar refractivity (Wildman–Crippen MR) is 92.0 cm³/mol. The molecule has 0 fully saturated rings. The Morgan fingerprint density at radius 2 is 1.54 bits per heavy atom. The molecule has 0 aliphatic rings. The van der Waals surface area contributed by atoms with Gasteiger partial charge in [0.1, 0.15) is 6.10 Å². The fraction of sp³-hybridized carbons (Fsp3) is 0.278. The molecular formula is C18H21O5P. The zero-order chi connectivity index (χ0) is 17.8. The topological polar surface area (TPSA) is 83.8 Å². The van der Waals surface area contributed by atoms with Crippen molar-refractivity contribution in [3.8, 4) is 0 Å². The van der Waals surface area contributed by atoms with Gasteiger partial charge in [0.2, 0.25) is 0 Å². The van der Waals surface area contributed by atoms with Crippen LogP contribution >= 0.6 is 7.60 Å². The van der Waals surface area contributed by atoms with Crippen molar-refractivity contribution in [1.82, 2.24) is 0 Å². The summed E-state index contributed by atoms with van der Waals surface area (Å²) in [5, 5.41) is 0. The lowest BCUT2D eigenvalue weighted by Crippen LogP contribution is -2.34. The van der Waals surface area contributed by atoms with Crippen LogP contribution in [0.1, 0.15) is 35.9 Å². The van der Waals surface area contributed by atoms with Crippen LogP contribution in [0.4, 0.5) is 0 Å². The maximum Gasteiger partial charge on any atom is 0.328 e. The van der Waals surface area contributed by atoms with Crippen LogP contribution in [0.25, 0.3) is 0 Å². The minimum Gasteiger partial charge on any atom is -0.359 e. The average Bonchev–Trinajstić information content (AvgIpc) is 2.51. The minimum atomic E-state index is -4.27. The number of ketones is 1. The van der Waals surface area contributed by atoms with Crippen molar-refractivity contribution in [1.29, 1.82) is 0 Å². The number of carbonyl (C=O) groups excluding carboxylic acids is 1. The van der Waals surface area contributed by atoms with Gasteiger partial charge < -0.3 is 14.5 Å². The number of rotatable bonds is 7. The van der Waals surface area contributed by atoms with Gasteiger partial charge in [0.15, 0.2) is 5.78 Å². The smallest absolute Gasteiger partial charge is 0.328 e. The lowest BCUT2D eigenvalue weighted by atomic mass is 9.99. The second-order valence-corrected chi connectivity index (χ2v) is 7.87. The molecule has 0 amide bonds. The second-order valence-electron chi connectivity index (χ2n) is 6.22. The summed E-state index contributed by atoms with van der Waals surface area (Å²) >= 11 is 0. The summed E-state index contributed by atoms with van der Waals surface area (Å²) in [5.41, 5.74) is -0.0345. The standard InChI is InChI=1S/C18H21O5P/c1-18(2,13-24(20,21)22)23-17(15-11-7-4-8-12-15)16(19)14-9-5-3-6-10-14/h3-12,17H,13H2,1-2H3,(H2,20,21,22). The summed E-state index contributed by atoms with van der Waals surface area (Å²) in [6.45, 7) is 3.14. The molecule has 6 heteroatoms. The SMILES string of the molecule is CC(C)(CP(=O)(O)O)OC(C(=O)c1ccccc1)c1ccccc1. The van der Waals surface area contributed by atoms with E-state index in [1.165, 1.54) is 0 Å². The van der Waals surface area contributed by atoms with Crippen LogP contribution in [0.2, 0.25) is 0 Å². The quantitative estimate of drug-likeness (QED) is 0.590. The van der Waals surface area contributed by atoms with Crippen molar-refractivity contribution in [2.75, 3.05) is 6.16 Å². The first kappa shape index (κ1) is 18.6. The maximum atomic E-state index is 12.9. The van der Waals surface area contributed by atoms with Gasteiger partial charge in [-0.25, -0.2) is 0 Å². The van der Waals surface area contributed by atoms with Crippen LogP contribution in [-0.4, -0.2) is 27.3 Å². The fourth-order valence-electron chi connectivity index (χ4n) is 2.51. The molecule has 0 aromatic heterocycles. The first-order valence-electron chi connectivity index (χ1n) is 7.55. The molecule has 1 atom stereocenters. The second kappa shape index (κ2) is 7.41. The zero-order valence-corrected chi connectivity index (χ0v) is 14.5. The molecule has 2 rings (SSSR count). The van der Waals surface area contributed by atoms with Gasteiger partial charge in [-0.3, -0.25) is 9.36 Å². The van der Waals surface area contributed by atoms with Crippen LogP contribution < -0.4 is 0 Å². The molecule has 0 saturated heterocycles. The molecule has 5 nitrogen and oxygen atoms in total. The van der Waals surface area contributed by atoms with E-state index < -0.39 is 25.5 Å². The molecule has 128 valence electrons. The summed E-state index contributed by atoms with van der Waals surface area (Å²) in [4.78, 5) is 31.3. The summed E-state index contributed by atoms with van der Waals surface area (Å²) in [6.07, 6.45) is -1.40. The van der Waals surface area contributed by atoms with Crippen LogP contribution in [0.15, 0.2) is 60.7 Å². The minimum absolute atomic E-state index is 0.249. The van der Waals surface area contributed by atoms with E-state index in [0.717, 1.165) is 0 Å². The van der Waals surface area contributed by atoms with E-state index in [1.54, 1.807) is 62.4 Å². The molecule has 0 heterocycles. The first-order chi connectivity index (χ1) is 11.2. The number of hydrogen-bond donors (Lipinski definition) is 2.